The molecule has 124 valence electrons. The zero-order valence-corrected chi connectivity index (χ0v) is 13.5. The van der Waals surface area contributed by atoms with Crippen LogP contribution in [0.5, 0.6) is 0 Å². The first kappa shape index (κ1) is 16.2. The largest absolute Gasteiger partial charge is 0.326 e. The standard InChI is InChI=1S/C18H20N4O2/c1-2-3-10-18(20-21-18)11-9-16(23)19-14-6-4-7-15(13-14)22-12-5-8-17(22)24/h1,4,6-7,13H,3,5,8-12H2,(H,19,23). The van der Waals surface area contributed by atoms with Gasteiger partial charge in [0.05, 0.1) is 0 Å². The van der Waals surface area contributed by atoms with Gasteiger partial charge in [-0.1, -0.05) is 6.07 Å². The maximum Gasteiger partial charge on any atom is 0.227 e. The summed E-state index contributed by atoms with van der Waals surface area (Å²) >= 11 is 0. The number of carbonyl (C=O) groups excluding carboxylic acids is 2. The summed E-state index contributed by atoms with van der Waals surface area (Å²) in [5, 5.41) is 10.9. The molecular weight excluding hydrogens is 304 g/mol. The van der Waals surface area contributed by atoms with Crippen LogP contribution in [-0.4, -0.2) is 24.0 Å². The maximum atomic E-state index is 12.1. The van der Waals surface area contributed by atoms with Gasteiger partial charge in [0.1, 0.15) is 0 Å². The Morgan fingerprint density at radius 1 is 1.38 bits per heavy atom. The van der Waals surface area contributed by atoms with Crippen molar-refractivity contribution in [1.29, 1.82) is 0 Å². The number of nitrogens with zero attached hydrogens (tertiary/aromatic N) is 3. The van der Waals surface area contributed by atoms with Gasteiger partial charge in [-0.15, -0.1) is 12.3 Å². The molecule has 1 N–H and O–H groups in total. The fraction of sp³-hybridized carbons (Fsp3) is 0.444. The molecule has 0 bridgehead atoms. The quantitative estimate of drug-likeness (QED) is 0.783. The Bertz CT molecular complexity index is 714. The lowest BCUT2D eigenvalue weighted by atomic mass is 10.0. The van der Waals surface area contributed by atoms with Crippen molar-refractivity contribution < 1.29 is 9.59 Å². The van der Waals surface area contributed by atoms with Crippen molar-refractivity contribution in [2.24, 2.45) is 10.2 Å². The van der Waals surface area contributed by atoms with Crippen LogP contribution in [-0.2, 0) is 9.59 Å². The Balaban J connectivity index is 1.53. The third-order valence-electron chi connectivity index (χ3n) is 4.32. The molecule has 0 spiro atoms. The van der Waals surface area contributed by atoms with E-state index in [0.717, 1.165) is 18.7 Å². The van der Waals surface area contributed by atoms with Gasteiger partial charge in [-0.05, 0) is 24.6 Å². The van der Waals surface area contributed by atoms with E-state index in [9.17, 15) is 9.59 Å². The molecular formula is C18H20N4O2. The Morgan fingerprint density at radius 3 is 2.88 bits per heavy atom. The molecule has 0 unspecified atom stereocenters. The smallest absolute Gasteiger partial charge is 0.227 e. The summed E-state index contributed by atoms with van der Waals surface area (Å²) < 4.78 is 0. The lowest BCUT2D eigenvalue weighted by molar-refractivity contribution is -0.117. The van der Waals surface area contributed by atoms with E-state index < -0.39 is 5.66 Å². The van der Waals surface area contributed by atoms with Crippen molar-refractivity contribution in [2.45, 2.75) is 44.2 Å². The first-order valence-electron chi connectivity index (χ1n) is 8.20. The normalized spacial score (nSPS) is 17.6. The average molecular weight is 324 g/mol. The van der Waals surface area contributed by atoms with E-state index in [0.29, 0.717) is 37.8 Å². The van der Waals surface area contributed by atoms with Crippen LogP contribution in [0, 0.1) is 12.3 Å². The van der Waals surface area contributed by atoms with Crippen molar-refractivity contribution in [3.63, 3.8) is 0 Å². The number of carbonyl (C=O) groups is 2. The van der Waals surface area contributed by atoms with Crippen LogP contribution in [0.1, 0.15) is 38.5 Å². The Kier molecular flexibility index (Phi) is 4.61. The molecule has 6 nitrogen and oxygen atoms in total. The van der Waals surface area contributed by atoms with E-state index in [-0.39, 0.29) is 11.8 Å². The minimum Gasteiger partial charge on any atom is -0.326 e. The van der Waals surface area contributed by atoms with E-state index in [1.807, 2.05) is 24.3 Å². The van der Waals surface area contributed by atoms with Crippen LogP contribution in [0.2, 0.25) is 0 Å². The van der Waals surface area contributed by atoms with Crippen molar-refractivity contribution in [2.75, 3.05) is 16.8 Å². The molecule has 1 fully saturated rings. The number of amides is 2. The summed E-state index contributed by atoms with van der Waals surface area (Å²) in [5.41, 5.74) is 1.08. The van der Waals surface area contributed by atoms with Crippen LogP contribution < -0.4 is 10.2 Å². The van der Waals surface area contributed by atoms with Crippen molar-refractivity contribution >= 4 is 23.2 Å². The van der Waals surface area contributed by atoms with Gasteiger partial charge in [0.25, 0.3) is 0 Å². The van der Waals surface area contributed by atoms with Crippen LogP contribution in [0.4, 0.5) is 11.4 Å². The van der Waals surface area contributed by atoms with Gasteiger partial charge in [-0.2, -0.15) is 10.2 Å². The van der Waals surface area contributed by atoms with Gasteiger partial charge in [-0.3, -0.25) is 9.59 Å². The zero-order chi connectivity index (χ0) is 17.0. The monoisotopic (exact) mass is 324 g/mol. The second-order valence-electron chi connectivity index (χ2n) is 6.13. The molecule has 24 heavy (non-hydrogen) atoms. The van der Waals surface area contributed by atoms with E-state index >= 15 is 0 Å². The van der Waals surface area contributed by atoms with Gasteiger partial charge >= 0.3 is 0 Å². The molecule has 0 radical (unpaired) electrons. The van der Waals surface area contributed by atoms with E-state index in [1.54, 1.807) is 4.90 Å². The highest BCUT2D eigenvalue weighted by Gasteiger charge is 2.39. The summed E-state index contributed by atoms with van der Waals surface area (Å²) in [5.74, 6) is 2.62. The highest BCUT2D eigenvalue weighted by Crippen LogP contribution is 2.37. The minimum atomic E-state index is -0.437. The Morgan fingerprint density at radius 2 is 2.21 bits per heavy atom. The lowest BCUT2D eigenvalue weighted by Gasteiger charge is -2.17. The highest BCUT2D eigenvalue weighted by atomic mass is 16.2. The van der Waals surface area contributed by atoms with Crippen LogP contribution in [0.25, 0.3) is 0 Å². The molecule has 1 aromatic carbocycles. The number of benzene rings is 1. The highest BCUT2D eigenvalue weighted by molar-refractivity contribution is 5.97. The molecule has 2 aliphatic rings. The summed E-state index contributed by atoms with van der Waals surface area (Å²) in [6.07, 6.45) is 8.94. The molecule has 0 atom stereocenters. The Labute approximate surface area is 141 Å². The van der Waals surface area contributed by atoms with Crippen LogP contribution >= 0.6 is 0 Å². The van der Waals surface area contributed by atoms with E-state index in [1.165, 1.54) is 0 Å². The summed E-state index contributed by atoms with van der Waals surface area (Å²) in [7, 11) is 0. The van der Waals surface area contributed by atoms with Crippen LogP contribution in [0.15, 0.2) is 34.5 Å². The number of nitrogens with one attached hydrogen (secondary N) is 1. The predicted molar refractivity (Wildman–Crippen MR) is 91.5 cm³/mol. The van der Waals surface area contributed by atoms with Gasteiger partial charge < -0.3 is 10.2 Å². The van der Waals surface area contributed by atoms with Crippen molar-refractivity contribution in [3.8, 4) is 12.3 Å². The predicted octanol–water partition coefficient (Wildman–Crippen LogP) is 3.11. The molecule has 6 heteroatoms. The molecule has 0 aromatic heterocycles. The van der Waals surface area contributed by atoms with Gasteiger partial charge in [0.15, 0.2) is 5.66 Å². The lowest BCUT2D eigenvalue weighted by Crippen LogP contribution is -2.23. The summed E-state index contributed by atoms with van der Waals surface area (Å²) in [6, 6.07) is 7.38. The van der Waals surface area contributed by atoms with E-state index in [2.05, 4.69) is 21.5 Å². The minimum absolute atomic E-state index is 0.0859. The fourth-order valence-corrected chi connectivity index (χ4v) is 2.88. The first-order valence-corrected chi connectivity index (χ1v) is 8.20. The number of hydrogen-bond acceptors (Lipinski definition) is 4. The number of hydrogen-bond donors (Lipinski definition) is 1. The number of terminal acetylenes is 1. The number of anilines is 2. The average Bonchev–Trinajstić information content (AvgIpc) is 3.23. The molecule has 0 saturated carbocycles. The van der Waals surface area contributed by atoms with Crippen molar-refractivity contribution in [3.05, 3.63) is 24.3 Å². The van der Waals surface area contributed by atoms with Gasteiger partial charge in [0, 0.05) is 50.0 Å². The van der Waals surface area contributed by atoms with Crippen molar-refractivity contribution in [1.82, 2.24) is 0 Å². The van der Waals surface area contributed by atoms with Gasteiger partial charge in [-0.25, -0.2) is 0 Å². The van der Waals surface area contributed by atoms with Gasteiger partial charge in [0.2, 0.25) is 11.8 Å². The Hall–Kier alpha value is -2.68. The zero-order valence-electron chi connectivity index (χ0n) is 13.5. The first-order chi connectivity index (χ1) is 11.6. The molecule has 1 aromatic rings. The molecule has 2 aliphatic heterocycles. The molecule has 1 saturated heterocycles. The molecule has 2 amide bonds. The molecule has 3 rings (SSSR count). The third-order valence-corrected chi connectivity index (χ3v) is 4.32. The van der Waals surface area contributed by atoms with Crippen LogP contribution in [0.3, 0.4) is 0 Å². The summed E-state index contributed by atoms with van der Waals surface area (Å²) in [4.78, 5) is 25.7. The number of rotatable bonds is 7. The maximum absolute atomic E-state index is 12.1. The summed E-state index contributed by atoms with van der Waals surface area (Å²) in [6.45, 7) is 0.733. The second-order valence-corrected chi connectivity index (χ2v) is 6.13. The third kappa shape index (κ3) is 3.80. The molecule has 0 aliphatic carbocycles. The van der Waals surface area contributed by atoms with E-state index in [4.69, 9.17) is 6.42 Å². The fourth-order valence-electron chi connectivity index (χ4n) is 2.88. The SMILES string of the molecule is C#CCCC1(CCC(=O)Nc2cccc(N3CCCC3=O)c2)N=N1. The second kappa shape index (κ2) is 6.83. The molecule has 2 heterocycles. The topological polar surface area (TPSA) is 74.1 Å².